The highest BCUT2D eigenvalue weighted by Crippen LogP contribution is 2.16. The maximum absolute atomic E-state index is 5.61. The zero-order valence-corrected chi connectivity index (χ0v) is 13.2. The Morgan fingerprint density at radius 1 is 1.05 bits per heavy atom. The Bertz CT molecular complexity index is 334. The van der Waals surface area contributed by atoms with Crippen molar-refractivity contribution in [1.29, 1.82) is 0 Å². The zero-order valence-electron chi connectivity index (χ0n) is 11.7. The first-order chi connectivity index (χ1) is 9.34. The molecule has 0 bridgehead atoms. The molecule has 108 valence electrons. The predicted octanol–water partition coefficient (Wildman–Crippen LogP) is 3.37. The van der Waals surface area contributed by atoms with Crippen molar-refractivity contribution in [1.82, 2.24) is 5.32 Å². The molecule has 0 aliphatic rings. The Hall–Kier alpha value is -0.420. The van der Waals surface area contributed by atoms with Gasteiger partial charge in [0.05, 0.1) is 19.8 Å². The molecule has 0 aromatic heterocycles. The highest BCUT2D eigenvalue weighted by Gasteiger charge is 1.97. The van der Waals surface area contributed by atoms with Crippen molar-refractivity contribution in [3.05, 3.63) is 34.3 Å². The summed E-state index contributed by atoms with van der Waals surface area (Å²) in [5.74, 6) is 0. The molecule has 0 saturated heterocycles. The summed E-state index contributed by atoms with van der Waals surface area (Å²) < 4.78 is 12.2. The normalized spacial score (nSPS) is 10.8. The van der Waals surface area contributed by atoms with Gasteiger partial charge >= 0.3 is 0 Å². The number of hydrogen-bond acceptors (Lipinski definition) is 3. The van der Waals surface area contributed by atoms with Crippen LogP contribution in [0.3, 0.4) is 0 Å². The molecule has 0 unspecified atom stereocenters. The summed E-state index contributed by atoms with van der Waals surface area (Å²) in [6.45, 7) is 6.95. The second-order valence-corrected chi connectivity index (χ2v) is 5.21. The van der Waals surface area contributed by atoms with Gasteiger partial charge in [0, 0.05) is 24.2 Å². The van der Waals surface area contributed by atoms with E-state index in [1.165, 1.54) is 12.0 Å². The van der Waals surface area contributed by atoms with Gasteiger partial charge in [-0.3, -0.25) is 0 Å². The molecule has 0 aliphatic heterocycles. The van der Waals surface area contributed by atoms with Crippen molar-refractivity contribution < 1.29 is 9.47 Å². The Morgan fingerprint density at radius 3 is 2.53 bits per heavy atom. The van der Waals surface area contributed by atoms with Crippen LogP contribution in [-0.4, -0.2) is 32.9 Å². The van der Waals surface area contributed by atoms with E-state index in [1.807, 2.05) is 18.2 Å². The molecule has 1 N–H and O–H groups in total. The van der Waals surface area contributed by atoms with Crippen LogP contribution in [0, 0.1) is 0 Å². The number of hydrogen-bond donors (Lipinski definition) is 1. The number of benzene rings is 1. The van der Waals surface area contributed by atoms with E-state index in [0.717, 1.165) is 43.8 Å². The van der Waals surface area contributed by atoms with Gasteiger partial charge in [-0.2, -0.15) is 0 Å². The molecule has 0 atom stereocenters. The molecule has 0 radical (unpaired) electrons. The summed E-state index contributed by atoms with van der Waals surface area (Å²) >= 11 is 3.51. The standard InChI is InChI=1S/C15H24BrNO2/c1-2-3-10-18-11-8-17-9-12-19-13-14-6-4-5-7-15(14)16/h4-7,17H,2-3,8-13H2,1H3. The van der Waals surface area contributed by atoms with E-state index in [-0.39, 0.29) is 0 Å². The molecule has 4 heteroatoms. The molecule has 0 aliphatic carbocycles. The Kier molecular flexibility index (Phi) is 9.99. The number of halogens is 1. The third-order valence-corrected chi connectivity index (χ3v) is 3.48. The minimum atomic E-state index is 0.649. The molecule has 19 heavy (non-hydrogen) atoms. The number of rotatable bonds is 11. The third-order valence-electron chi connectivity index (χ3n) is 2.70. The van der Waals surface area contributed by atoms with Crippen molar-refractivity contribution in [2.24, 2.45) is 0 Å². The fraction of sp³-hybridized carbons (Fsp3) is 0.600. The molecule has 1 aromatic rings. The summed E-state index contributed by atoms with van der Waals surface area (Å²) in [5, 5.41) is 3.30. The Balaban J connectivity index is 1.90. The highest BCUT2D eigenvalue weighted by molar-refractivity contribution is 9.10. The van der Waals surface area contributed by atoms with Gasteiger partial charge in [-0.1, -0.05) is 47.5 Å². The lowest BCUT2D eigenvalue weighted by molar-refractivity contribution is 0.112. The second-order valence-electron chi connectivity index (χ2n) is 4.36. The predicted molar refractivity (Wildman–Crippen MR) is 82.4 cm³/mol. The molecule has 1 rings (SSSR count). The van der Waals surface area contributed by atoms with Crippen molar-refractivity contribution in [2.45, 2.75) is 26.4 Å². The first-order valence-electron chi connectivity index (χ1n) is 6.94. The van der Waals surface area contributed by atoms with Gasteiger partial charge in [0.2, 0.25) is 0 Å². The van der Waals surface area contributed by atoms with Crippen LogP contribution in [0.4, 0.5) is 0 Å². The molecule has 0 amide bonds. The minimum absolute atomic E-state index is 0.649. The van der Waals surface area contributed by atoms with Gasteiger partial charge in [-0.15, -0.1) is 0 Å². The monoisotopic (exact) mass is 329 g/mol. The topological polar surface area (TPSA) is 30.5 Å². The smallest absolute Gasteiger partial charge is 0.0728 e. The van der Waals surface area contributed by atoms with Crippen molar-refractivity contribution in [3.63, 3.8) is 0 Å². The van der Waals surface area contributed by atoms with Crippen LogP contribution >= 0.6 is 15.9 Å². The van der Waals surface area contributed by atoms with Crippen LogP contribution in [0.15, 0.2) is 28.7 Å². The summed E-state index contributed by atoms with van der Waals surface area (Å²) in [7, 11) is 0. The largest absolute Gasteiger partial charge is 0.380 e. The average Bonchev–Trinajstić information content (AvgIpc) is 2.43. The van der Waals surface area contributed by atoms with Crippen LogP contribution in [0.5, 0.6) is 0 Å². The maximum Gasteiger partial charge on any atom is 0.0728 e. The SMILES string of the molecule is CCCCOCCNCCOCc1ccccc1Br. The lowest BCUT2D eigenvalue weighted by Crippen LogP contribution is -2.24. The highest BCUT2D eigenvalue weighted by atomic mass is 79.9. The van der Waals surface area contributed by atoms with Gasteiger partial charge in [0.15, 0.2) is 0 Å². The summed E-state index contributed by atoms with van der Waals surface area (Å²) in [4.78, 5) is 0. The summed E-state index contributed by atoms with van der Waals surface area (Å²) in [6, 6.07) is 8.13. The minimum Gasteiger partial charge on any atom is -0.380 e. The lowest BCUT2D eigenvalue weighted by atomic mass is 10.2. The fourth-order valence-electron chi connectivity index (χ4n) is 1.56. The zero-order chi connectivity index (χ0) is 13.8. The van der Waals surface area contributed by atoms with Gasteiger partial charge in [0.1, 0.15) is 0 Å². The van der Waals surface area contributed by atoms with Crippen LogP contribution in [-0.2, 0) is 16.1 Å². The van der Waals surface area contributed by atoms with Gasteiger partial charge in [-0.05, 0) is 18.1 Å². The Morgan fingerprint density at radius 2 is 1.79 bits per heavy atom. The van der Waals surface area contributed by atoms with E-state index >= 15 is 0 Å². The van der Waals surface area contributed by atoms with Crippen LogP contribution < -0.4 is 5.32 Å². The summed E-state index contributed by atoms with van der Waals surface area (Å²) in [5.41, 5.74) is 1.19. The second kappa shape index (κ2) is 11.4. The molecule has 0 saturated carbocycles. The van der Waals surface area contributed by atoms with Gasteiger partial charge in [0.25, 0.3) is 0 Å². The summed E-state index contributed by atoms with van der Waals surface area (Å²) in [6.07, 6.45) is 2.34. The van der Waals surface area contributed by atoms with Crippen molar-refractivity contribution >= 4 is 15.9 Å². The molecule has 0 spiro atoms. The van der Waals surface area contributed by atoms with E-state index < -0.39 is 0 Å². The Labute approximate surface area is 124 Å². The number of nitrogens with one attached hydrogen (secondary N) is 1. The fourth-order valence-corrected chi connectivity index (χ4v) is 1.96. The van der Waals surface area contributed by atoms with Crippen LogP contribution in [0.2, 0.25) is 0 Å². The first-order valence-corrected chi connectivity index (χ1v) is 7.73. The van der Waals surface area contributed by atoms with E-state index in [4.69, 9.17) is 9.47 Å². The van der Waals surface area contributed by atoms with Crippen molar-refractivity contribution in [2.75, 3.05) is 32.9 Å². The lowest BCUT2D eigenvalue weighted by Gasteiger charge is -2.08. The van der Waals surface area contributed by atoms with Gasteiger partial charge in [-0.25, -0.2) is 0 Å². The first kappa shape index (κ1) is 16.6. The molecule has 3 nitrogen and oxygen atoms in total. The molecule has 0 heterocycles. The molecule has 1 aromatic carbocycles. The molecular formula is C15H24BrNO2. The van der Waals surface area contributed by atoms with E-state index in [1.54, 1.807) is 0 Å². The van der Waals surface area contributed by atoms with Gasteiger partial charge < -0.3 is 14.8 Å². The average molecular weight is 330 g/mol. The maximum atomic E-state index is 5.61. The van der Waals surface area contributed by atoms with E-state index in [9.17, 15) is 0 Å². The van der Waals surface area contributed by atoms with Crippen LogP contribution in [0.25, 0.3) is 0 Å². The quantitative estimate of drug-likeness (QED) is 0.631. The van der Waals surface area contributed by atoms with E-state index in [0.29, 0.717) is 6.61 Å². The molecule has 0 fully saturated rings. The number of ether oxygens (including phenoxy) is 2. The number of unbranched alkanes of at least 4 members (excludes halogenated alkanes) is 1. The van der Waals surface area contributed by atoms with Crippen molar-refractivity contribution in [3.8, 4) is 0 Å². The molecular weight excluding hydrogens is 306 g/mol. The van der Waals surface area contributed by atoms with E-state index in [2.05, 4.69) is 34.2 Å². The van der Waals surface area contributed by atoms with Crippen LogP contribution in [0.1, 0.15) is 25.3 Å². The third kappa shape index (κ3) is 8.37.